The van der Waals surface area contributed by atoms with E-state index in [1.165, 1.54) is 10.9 Å². The van der Waals surface area contributed by atoms with Gasteiger partial charge in [0.2, 0.25) is 5.95 Å². The number of H-pyrrole nitrogens is 1. The third-order valence-electron chi connectivity index (χ3n) is 5.37. The van der Waals surface area contributed by atoms with E-state index in [2.05, 4.69) is 30.3 Å². The van der Waals surface area contributed by atoms with Crippen molar-refractivity contribution in [2.45, 2.75) is 24.9 Å². The fourth-order valence-corrected chi connectivity index (χ4v) is 3.79. The molecule has 178 valence electrons. The van der Waals surface area contributed by atoms with E-state index in [0.29, 0.717) is 5.75 Å². The van der Waals surface area contributed by atoms with Crippen LogP contribution in [0.4, 0.5) is 5.95 Å². The van der Waals surface area contributed by atoms with E-state index < -0.39 is 35.8 Å². The molecular formula is C20H22N8O6. The highest BCUT2D eigenvalue weighted by molar-refractivity contribution is 5.90. The molecule has 14 nitrogen and oxygen atoms in total. The van der Waals surface area contributed by atoms with Crippen molar-refractivity contribution in [2.24, 2.45) is 11.0 Å². The van der Waals surface area contributed by atoms with Gasteiger partial charge in [0.25, 0.3) is 11.5 Å². The number of carbonyl (C=O) groups is 1. The summed E-state index contributed by atoms with van der Waals surface area (Å²) >= 11 is 0. The van der Waals surface area contributed by atoms with Crippen LogP contribution in [0.1, 0.15) is 12.6 Å². The summed E-state index contributed by atoms with van der Waals surface area (Å²) < 4.78 is 12.6. The first-order chi connectivity index (χ1) is 16.5. The SMILES string of the molecule is [N-]=[N+]=NC[C@H]1[C@@H](O)[C@H](n2cnc3c(=O)[nH]c(NC(=O)COc4ccccc4)nc32)O[C@@H]1CCO. The normalized spacial score (nSPS) is 21.8. The molecule has 0 bridgehead atoms. The fraction of sp³-hybridized carbons (Fsp3) is 0.400. The number of para-hydroxylation sites is 1. The number of imidazole rings is 1. The summed E-state index contributed by atoms with van der Waals surface area (Å²) in [4.78, 5) is 38.2. The van der Waals surface area contributed by atoms with Crippen LogP contribution in [0.15, 0.2) is 46.6 Å². The molecule has 34 heavy (non-hydrogen) atoms. The number of nitrogens with zero attached hydrogens (tertiary/aromatic N) is 6. The molecule has 1 saturated heterocycles. The van der Waals surface area contributed by atoms with E-state index in [0.717, 1.165) is 0 Å². The third kappa shape index (κ3) is 4.84. The number of nitrogens with one attached hydrogen (secondary N) is 2. The lowest BCUT2D eigenvalue weighted by atomic mass is 9.96. The number of aromatic amines is 1. The molecule has 1 aliphatic rings. The molecule has 3 heterocycles. The molecule has 1 amide bonds. The molecule has 4 rings (SSSR count). The van der Waals surface area contributed by atoms with Gasteiger partial charge >= 0.3 is 0 Å². The molecule has 1 aliphatic heterocycles. The van der Waals surface area contributed by atoms with Crippen molar-refractivity contribution in [2.75, 3.05) is 25.1 Å². The monoisotopic (exact) mass is 470 g/mol. The van der Waals surface area contributed by atoms with Crippen LogP contribution in [0, 0.1) is 5.92 Å². The lowest BCUT2D eigenvalue weighted by Crippen LogP contribution is -2.29. The summed E-state index contributed by atoms with van der Waals surface area (Å²) in [6.07, 6.45) is -1.22. The zero-order valence-corrected chi connectivity index (χ0v) is 17.8. The zero-order valence-electron chi connectivity index (χ0n) is 17.8. The summed E-state index contributed by atoms with van der Waals surface area (Å²) in [5, 5.41) is 26.1. The molecule has 14 heteroatoms. The maximum absolute atomic E-state index is 12.5. The number of aliphatic hydroxyl groups is 2. The minimum atomic E-state index is -1.13. The number of carbonyl (C=O) groups excluding carboxylic acids is 1. The van der Waals surface area contributed by atoms with Crippen molar-refractivity contribution in [3.63, 3.8) is 0 Å². The molecule has 1 aromatic carbocycles. The van der Waals surface area contributed by atoms with Crippen LogP contribution in [0.3, 0.4) is 0 Å². The van der Waals surface area contributed by atoms with Gasteiger partial charge in [-0.1, -0.05) is 23.3 Å². The Labute approximate surface area is 191 Å². The minimum Gasteiger partial charge on any atom is -0.484 e. The second-order valence-corrected chi connectivity index (χ2v) is 7.53. The number of aromatic nitrogens is 4. The average molecular weight is 470 g/mol. The van der Waals surface area contributed by atoms with E-state index in [1.54, 1.807) is 24.3 Å². The molecule has 2 aromatic heterocycles. The topological polar surface area (TPSA) is 200 Å². The van der Waals surface area contributed by atoms with Crippen molar-refractivity contribution in [3.8, 4) is 5.75 Å². The molecule has 0 spiro atoms. The predicted molar refractivity (Wildman–Crippen MR) is 118 cm³/mol. The van der Waals surface area contributed by atoms with E-state index in [9.17, 15) is 19.8 Å². The van der Waals surface area contributed by atoms with Gasteiger partial charge in [-0.2, -0.15) is 4.98 Å². The number of fused-ring (bicyclic) bond motifs is 1. The van der Waals surface area contributed by atoms with Gasteiger partial charge in [-0.15, -0.1) is 0 Å². The highest BCUT2D eigenvalue weighted by atomic mass is 16.5. The summed E-state index contributed by atoms with van der Waals surface area (Å²) in [6.45, 7) is -0.539. The van der Waals surface area contributed by atoms with Crippen molar-refractivity contribution >= 4 is 23.0 Å². The Morgan fingerprint density at radius 1 is 1.38 bits per heavy atom. The Hall–Kier alpha value is -3.97. The van der Waals surface area contributed by atoms with Gasteiger partial charge in [-0.05, 0) is 24.1 Å². The summed E-state index contributed by atoms with van der Waals surface area (Å²) in [5.74, 6) is -0.757. The molecule has 0 radical (unpaired) electrons. The lowest BCUT2D eigenvalue weighted by Gasteiger charge is -2.18. The first kappa shape index (κ1) is 23.2. The number of aliphatic hydroxyl groups excluding tert-OH is 2. The quantitative estimate of drug-likeness (QED) is 0.199. The number of anilines is 1. The number of benzene rings is 1. The highest BCUT2D eigenvalue weighted by Gasteiger charge is 2.44. The molecule has 0 aliphatic carbocycles. The van der Waals surface area contributed by atoms with Gasteiger partial charge in [-0.3, -0.25) is 24.5 Å². The van der Waals surface area contributed by atoms with Crippen LogP contribution in [0.2, 0.25) is 0 Å². The van der Waals surface area contributed by atoms with E-state index >= 15 is 0 Å². The molecule has 3 aromatic rings. The second kappa shape index (κ2) is 10.3. The number of amides is 1. The Morgan fingerprint density at radius 3 is 2.91 bits per heavy atom. The lowest BCUT2D eigenvalue weighted by molar-refractivity contribution is -0.118. The van der Waals surface area contributed by atoms with Crippen LogP contribution in [-0.2, 0) is 9.53 Å². The predicted octanol–water partition coefficient (Wildman–Crippen LogP) is 0.704. The number of azide groups is 1. The Balaban J connectivity index is 1.56. The first-order valence-corrected chi connectivity index (χ1v) is 10.4. The number of rotatable bonds is 9. The molecule has 1 fully saturated rings. The van der Waals surface area contributed by atoms with E-state index in [1.807, 2.05) is 6.07 Å². The van der Waals surface area contributed by atoms with Crippen molar-refractivity contribution < 1.29 is 24.5 Å². The number of ether oxygens (including phenoxy) is 2. The average Bonchev–Trinajstić information content (AvgIpc) is 3.38. The Kier molecular flexibility index (Phi) is 7.04. The first-order valence-electron chi connectivity index (χ1n) is 10.4. The fourth-order valence-electron chi connectivity index (χ4n) is 3.79. The standard InChI is InChI=1S/C20H22N8O6/c21-27-23-8-12-13(6-7-29)34-19(16(12)31)28-10-22-15-17(28)25-20(26-18(15)32)24-14(30)9-33-11-4-2-1-3-5-11/h1-5,10,12-13,16,19,29,31H,6-9H2,(H2,24,25,26,30,32)/t12-,13-,16-,19-/m1/s1. The maximum atomic E-state index is 12.5. The summed E-state index contributed by atoms with van der Waals surface area (Å²) in [6, 6.07) is 8.75. The molecule has 0 saturated carbocycles. The van der Waals surface area contributed by atoms with Gasteiger partial charge in [0.1, 0.15) is 11.9 Å². The Bertz CT molecular complexity index is 1250. The summed E-state index contributed by atoms with van der Waals surface area (Å²) in [5.41, 5.74) is 8.08. The van der Waals surface area contributed by atoms with E-state index in [4.69, 9.17) is 15.0 Å². The third-order valence-corrected chi connectivity index (χ3v) is 5.37. The van der Waals surface area contributed by atoms with Gasteiger partial charge < -0.3 is 19.7 Å². The zero-order chi connectivity index (χ0) is 24.1. The van der Waals surface area contributed by atoms with Crippen LogP contribution >= 0.6 is 0 Å². The number of hydrogen-bond donors (Lipinski definition) is 4. The second-order valence-electron chi connectivity index (χ2n) is 7.53. The maximum Gasteiger partial charge on any atom is 0.280 e. The number of hydrogen-bond acceptors (Lipinski definition) is 9. The molecule has 4 N–H and O–H groups in total. The molecular weight excluding hydrogens is 448 g/mol. The van der Waals surface area contributed by atoms with Gasteiger partial charge in [0.15, 0.2) is 24.0 Å². The summed E-state index contributed by atoms with van der Waals surface area (Å²) in [7, 11) is 0. The van der Waals surface area contributed by atoms with Gasteiger partial charge in [0, 0.05) is 24.0 Å². The molecule has 0 unspecified atom stereocenters. The van der Waals surface area contributed by atoms with Crippen LogP contribution in [0.5, 0.6) is 5.75 Å². The van der Waals surface area contributed by atoms with Crippen molar-refractivity contribution in [3.05, 3.63) is 57.5 Å². The van der Waals surface area contributed by atoms with Gasteiger partial charge in [0.05, 0.1) is 12.4 Å². The molecule has 4 atom stereocenters. The van der Waals surface area contributed by atoms with Crippen LogP contribution in [-0.4, -0.2) is 67.6 Å². The van der Waals surface area contributed by atoms with Gasteiger partial charge in [-0.25, -0.2) is 4.98 Å². The highest BCUT2D eigenvalue weighted by Crippen LogP contribution is 2.36. The van der Waals surface area contributed by atoms with E-state index in [-0.39, 0.29) is 43.3 Å². The van der Waals surface area contributed by atoms with Crippen LogP contribution < -0.4 is 15.6 Å². The van der Waals surface area contributed by atoms with Crippen molar-refractivity contribution in [1.82, 2.24) is 19.5 Å². The minimum absolute atomic E-state index is 0.0217. The Morgan fingerprint density at radius 2 is 2.18 bits per heavy atom. The largest absolute Gasteiger partial charge is 0.484 e. The van der Waals surface area contributed by atoms with Crippen LogP contribution in [0.25, 0.3) is 21.6 Å². The smallest absolute Gasteiger partial charge is 0.280 e. The van der Waals surface area contributed by atoms with Crippen molar-refractivity contribution in [1.29, 1.82) is 0 Å².